The van der Waals surface area contributed by atoms with Gasteiger partial charge in [0, 0.05) is 24.7 Å². The van der Waals surface area contributed by atoms with Gasteiger partial charge in [-0.15, -0.1) is 12.4 Å². The molecule has 2 heterocycles. The molecule has 5 heteroatoms. The van der Waals surface area contributed by atoms with Crippen LogP contribution in [0.5, 0.6) is 0 Å². The number of rotatable bonds is 3. The lowest BCUT2D eigenvalue weighted by Crippen LogP contribution is -2.38. The minimum Gasteiger partial charge on any atom is -0.317 e. The zero-order chi connectivity index (χ0) is 14.7. The molecule has 0 radical (unpaired) electrons. The van der Waals surface area contributed by atoms with Crippen LogP contribution < -0.4 is 5.32 Å². The van der Waals surface area contributed by atoms with E-state index in [9.17, 15) is 8.78 Å². The first-order valence-corrected chi connectivity index (χ1v) is 7.72. The molecular formula is C17H23ClF2N2. The molecule has 2 aliphatic rings. The van der Waals surface area contributed by atoms with Gasteiger partial charge in [0.25, 0.3) is 0 Å². The van der Waals surface area contributed by atoms with Crippen LogP contribution in [0.3, 0.4) is 0 Å². The molecule has 2 aliphatic heterocycles. The first kappa shape index (κ1) is 17.4. The van der Waals surface area contributed by atoms with Crippen molar-refractivity contribution in [3.05, 3.63) is 41.5 Å². The molecule has 1 N–H and O–H groups in total. The molecule has 2 nitrogen and oxygen atoms in total. The van der Waals surface area contributed by atoms with Gasteiger partial charge in [-0.25, -0.2) is 8.78 Å². The Morgan fingerprint density at radius 3 is 2.68 bits per heavy atom. The molecule has 0 amide bonds. The number of hydrogen-bond donors (Lipinski definition) is 1. The van der Waals surface area contributed by atoms with E-state index in [2.05, 4.69) is 10.2 Å². The highest BCUT2D eigenvalue weighted by atomic mass is 35.5. The topological polar surface area (TPSA) is 15.3 Å². The summed E-state index contributed by atoms with van der Waals surface area (Å²) in [6.07, 6.45) is 7.53. The summed E-state index contributed by atoms with van der Waals surface area (Å²) in [7, 11) is 0. The third kappa shape index (κ3) is 4.06. The predicted molar refractivity (Wildman–Crippen MR) is 88.2 cm³/mol. The van der Waals surface area contributed by atoms with Crippen LogP contribution in [0, 0.1) is 17.0 Å². The van der Waals surface area contributed by atoms with Crippen molar-refractivity contribution in [2.45, 2.75) is 19.3 Å². The second-order valence-electron chi connectivity index (χ2n) is 6.30. The van der Waals surface area contributed by atoms with Gasteiger partial charge < -0.3 is 5.32 Å². The Morgan fingerprint density at radius 2 is 1.95 bits per heavy atom. The number of piperidine rings is 1. The van der Waals surface area contributed by atoms with Crippen molar-refractivity contribution in [1.29, 1.82) is 0 Å². The third-order valence-corrected chi connectivity index (χ3v) is 4.81. The summed E-state index contributed by atoms with van der Waals surface area (Å²) < 4.78 is 26.4. The van der Waals surface area contributed by atoms with E-state index < -0.39 is 11.6 Å². The molecule has 0 unspecified atom stereocenters. The number of hydrogen-bond acceptors (Lipinski definition) is 2. The summed E-state index contributed by atoms with van der Waals surface area (Å²) in [6, 6.07) is 3.71. The number of nitrogens with zero attached hydrogens (tertiary/aromatic N) is 1. The average Bonchev–Trinajstić information content (AvgIpc) is 2.85. The van der Waals surface area contributed by atoms with E-state index in [0.717, 1.165) is 38.8 Å². The summed E-state index contributed by atoms with van der Waals surface area (Å²) in [4.78, 5) is 2.43. The second kappa shape index (κ2) is 7.53. The number of nitrogens with one attached hydrogen (secondary N) is 1. The molecule has 1 aromatic carbocycles. The fourth-order valence-corrected chi connectivity index (χ4v) is 3.51. The molecule has 3 rings (SSSR count). The van der Waals surface area contributed by atoms with E-state index >= 15 is 0 Å². The van der Waals surface area contributed by atoms with Crippen LogP contribution in [0.1, 0.15) is 24.8 Å². The SMILES string of the molecule is Cl.Fc1ccc(/C=C/CN2CCC3(CCNCC3)C2)c(F)c1. The maximum atomic E-state index is 13.5. The molecule has 22 heavy (non-hydrogen) atoms. The summed E-state index contributed by atoms with van der Waals surface area (Å²) in [5.41, 5.74) is 0.951. The molecular weight excluding hydrogens is 306 g/mol. The highest BCUT2D eigenvalue weighted by Crippen LogP contribution is 2.38. The Hall–Kier alpha value is -0.970. The van der Waals surface area contributed by atoms with Crippen molar-refractivity contribution in [1.82, 2.24) is 10.2 Å². The van der Waals surface area contributed by atoms with Gasteiger partial charge in [-0.2, -0.15) is 0 Å². The number of benzene rings is 1. The Bertz CT molecular complexity index is 527. The minimum absolute atomic E-state index is 0. The molecule has 2 fully saturated rings. The largest absolute Gasteiger partial charge is 0.317 e. The molecule has 0 bridgehead atoms. The van der Waals surface area contributed by atoms with Crippen LogP contribution in [-0.4, -0.2) is 37.6 Å². The molecule has 122 valence electrons. The lowest BCUT2D eigenvalue weighted by atomic mass is 9.78. The van der Waals surface area contributed by atoms with Gasteiger partial charge in [-0.05, 0) is 56.4 Å². The Balaban J connectivity index is 0.00000176. The quantitative estimate of drug-likeness (QED) is 0.914. The Labute approximate surface area is 137 Å². The van der Waals surface area contributed by atoms with E-state index in [-0.39, 0.29) is 12.4 Å². The van der Waals surface area contributed by atoms with Crippen LogP contribution in [-0.2, 0) is 0 Å². The van der Waals surface area contributed by atoms with Gasteiger partial charge in [0.15, 0.2) is 0 Å². The summed E-state index contributed by atoms with van der Waals surface area (Å²) in [5, 5.41) is 3.42. The standard InChI is InChI=1S/C17H22F2N2.ClH/c18-15-4-3-14(16(19)12-15)2-1-10-21-11-7-17(13-21)5-8-20-9-6-17;/h1-4,12,20H,5-11,13H2;1H/b2-1+;. The van der Waals surface area contributed by atoms with E-state index in [1.165, 1.54) is 31.4 Å². The molecule has 0 atom stereocenters. The molecule has 0 aliphatic carbocycles. The van der Waals surface area contributed by atoms with Crippen molar-refractivity contribution in [2.75, 3.05) is 32.7 Å². The minimum atomic E-state index is -0.531. The molecule has 1 aromatic rings. The van der Waals surface area contributed by atoms with Crippen molar-refractivity contribution in [2.24, 2.45) is 5.41 Å². The van der Waals surface area contributed by atoms with E-state index in [0.29, 0.717) is 11.0 Å². The highest BCUT2D eigenvalue weighted by molar-refractivity contribution is 5.85. The fourth-order valence-electron chi connectivity index (χ4n) is 3.51. The van der Waals surface area contributed by atoms with Crippen LogP contribution in [0.2, 0.25) is 0 Å². The van der Waals surface area contributed by atoms with E-state index in [4.69, 9.17) is 0 Å². The third-order valence-electron chi connectivity index (χ3n) is 4.81. The lowest BCUT2D eigenvalue weighted by Gasteiger charge is -2.33. The first-order valence-electron chi connectivity index (χ1n) is 7.72. The average molecular weight is 329 g/mol. The zero-order valence-corrected chi connectivity index (χ0v) is 13.5. The maximum Gasteiger partial charge on any atom is 0.133 e. The lowest BCUT2D eigenvalue weighted by molar-refractivity contribution is 0.202. The van der Waals surface area contributed by atoms with Crippen molar-refractivity contribution in [3.8, 4) is 0 Å². The van der Waals surface area contributed by atoms with Gasteiger partial charge in [0.1, 0.15) is 11.6 Å². The van der Waals surface area contributed by atoms with Gasteiger partial charge in [0.05, 0.1) is 0 Å². The van der Waals surface area contributed by atoms with Gasteiger partial charge in [-0.3, -0.25) is 4.90 Å². The van der Waals surface area contributed by atoms with Crippen molar-refractivity contribution >= 4 is 18.5 Å². The van der Waals surface area contributed by atoms with Crippen molar-refractivity contribution in [3.63, 3.8) is 0 Å². The Kier molecular flexibility index (Phi) is 5.95. The summed E-state index contributed by atoms with van der Waals surface area (Å²) >= 11 is 0. The van der Waals surface area contributed by atoms with Gasteiger partial charge >= 0.3 is 0 Å². The maximum absolute atomic E-state index is 13.5. The van der Waals surface area contributed by atoms with Crippen LogP contribution >= 0.6 is 12.4 Å². The normalized spacial score (nSPS) is 21.4. The second-order valence-corrected chi connectivity index (χ2v) is 6.30. The Morgan fingerprint density at radius 1 is 1.18 bits per heavy atom. The predicted octanol–water partition coefficient (Wildman–Crippen LogP) is 3.48. The van der Waals surface area contributed by atoms with E-state index in [1.54, 1.807) is 6.08 Å². The van der Waals surface area contributed by atoms with Crippen LogP contribution in [0.4, 0.5) is 8.78 Å². The smallest absolute Gasteiger partial charge is 0.133 e. The van der Waals surface area contributed by atoms with Crippen LogP contribution in [0.15, 0.2) is 24.3 Å². The van der Waals surface area contributed by atoms with E-state index in [1.807, 2.05) is 6.08 Å². The first-order chi connectivity index (χ1) is 10.2. The highest BCUT2D eigenvalue weighted by Gasteiger charge is 2.38. The number of halogens is 3. The van der Waals surface area contributed by atoms with Crippen LogP contribution in [0.25, 0.3) is 6.08 Å². The molecule has 1 spiro atoms. The zero-order valence-electron chi connectivity index (χ0n) is 12.7. The van der Waals surface area contributed by atoms with Gasteiger partial charge in [0.2, 0.25) is 0 Å². The fraction of sp³-hybridized carbons (Fsp3) is 0.529. The summed E-state index contributed by atoms with van der Waals surface area (Å²) in [5.74, 6) is -1.03. The summed E-state index contributed by atoms with van der Waals surface area (Å²) in [6.45, 7) is 5.36. The monoisotopic (exact) mass is 328 g/mol. The molecule has 0 saturated carbocycles. The molecule has 0 aromatic heterocycles. The molecule has 2 saturated heterocycles. The number of likely N-dealkylation sites (tertiary alicyclic amines) is 1. The van der Waals surface area contributed by atoms with Gasteiger partial charge in [-0.1, -0.05) is 12.2 Å². The van der Waals surface area contributed by atoms with Crippen molar-refractivity contribution < 1.29 is 8.78 Å².